The van der Waals surface area contributed by atoms with Gasteiger partial charge in [-0.1, -0.05) is 45.0 Å². The zero-order chi connectivity index (χ0) is 32.3. The van der Waals surface area contributed by atoms with Crippen molar-refractivity contribution < 1.29 is 38.1 Å². The van der Waals surface area contributed by atoms with E-state index in [1.165, 1.54) is 11.3 Å². The van der Waals surface area contributed by atoms with Crippen molar-refractivity contribution in [1.82, 2.24) is 20.5 Å². The second kappa shape index (κ2) is 16.9. The maximum Gasteiger partial charge on any atom is 0.246 e. The first kappa shape index (κ1) is 35.5. The fourth-order valence-corrected chi connectivity index (χ4v) is 5.47. The SMILES string of the molecule is Cc1ncsc1-c1ccc(CNC(=O)[C@@H]2[C@H](F)[C@@H](O)CN2C(=O)C(NC(=O)COCCOCCOCCN)C(C)(C)C)cc1. The molecule has 3 rings (SSSR count). The van der Waals surface area contributed by atoms with Crippen molar-refractivity contribution >= 4 is 29.1 Å². The van der Waals surface area contributed by atoms with Crippen LogP contribution in [-0.4, -0.2) is 110 Å². The standard InChI is InChI=1S/C30H44FN5O7S/c1-19-26(44-18-34-19)21-7-5-20(6-8-21)15-33-28(39)25-24(31)22(37)16-36(25)29(40)27(30(2,3)4)35-23(38)17-43-14-13-42-12-11-41-10-9-32/h5-8,18,22,24-25,27,37H,9-17,32H2,1-4H3,(H,33,39)(H,35,38)/t22-,24+,25-,27?/m0/s1. The molecule has 1 aliphatic rings. The smallest absolute Gasteiger partial charge is 0.246 e. The number of benzene rings is 1. The number of nitrogens with zero attached hydrogens (tertiary/aromatic N) is 2. The molecule has 1 aromatic heterocycles. The normalized spacial score (nSPS) is 19.2. The van der Waals surface area contributed by atoms with Crippen LogP contribution in [0.25, 0.3) is 10.4 Å². The zero-order valence-electron chi connectivity index (χ0n) is 25.7. The number of alkyl halides is 1. The molecular weight excluding hydrogens is 593 g/mol. The number of carbonyl (C=O) groups excluding carboxylic acids is 3. The number of amides is 3. The van der Waals surface area contributed by atoms with Crippen molar-refractivity contribution in [2.24, 2.45) is 11.1 Å². The summed E-state index contributed by atoms with van der Waals surface area (Å²) in [5, 5.41) is 15.6. The van der Waals surface area contributed by atoms with E-state index in [-0.39, 0.29) is 32.9 Å². The fourth-order valence-electron chi connectivity index (χ4n) is 4.66. The first-order valence-corrected chi connectivity index (χ1v) is 15.4. The number of β-amino-alcohol motifs (C(OH)–C–C–N with tert-alkyl or cyclic N) is 1. The van der Waals surface area contributed by atoms with Crippen molar-refractivity contribution in [3.8, 4) is 10.4 Å². The van der Waals surface area contributed by atoms with E-state index in [4.69, 9.17) is 19.9 Å². The van der Waals surface area contributed by atoms with Gasteiger partial charge in [-0.3, -0.25) is 14.4 Å². The van der Waals surface area contributed by atoms with Crippen LogP contribution >= 0.6 is 11.3 Å². The Labute approximate surface area is 261 Å². The summed E-state index contributed by atoms with van der Waals surface area (Å²) in [6.07, 6.45) is -3.53. The summed E-state index contributed by atoms with van der Waals surface area (Å²) in [5.41, 5.74) is 9.03. The molecular formula is C30H44FN5O7S. The molecule has 14 heteroatoms. The number of aliphatic hydroxyl groups is 1. The highest BCUT2D eigenvalue weighted by molar-refractivity contribution is 7.13. The summed E-state index contributed by atoms with van der Waals surface area (Å²) < 4.78 is 31.1. The van der Waals surface area contributed by atoms with Gasteiger partial charge in [-0.15, -0.1) is 11.3 Å². The zero-order valence-corrected chi connectivity index (χ0v) is 26.5. The first-order valence-electron chi connectivity index (χ1n) is 14.6. The average Bonchev–Trinajstić information content (AvgIpc) is 3.55. The van der Waals surface area contributed by atoms with Gasteiger partial charge in [0.05, 0.1) is 55.7 Å². The van der Waals surface area contributed by atoms with E-state index >= 15 is 4.39 Å². The molecule has 1 unspecified atom stereocenters. The van der Waals surface area contributed by atoms with Gasteiger partial charge in [-0.25, -0.2) is 9.37 Å². The maximum absolute atomic E-state index is 15.2. The number of rotatable bonds is 16. The largest absolute Gasteiger partial charge is 0.388 e. The van der Waals surface area contributed by atoms with Gasteiger partial charge < -0.3 is 40.6 Å². The number of aryl methyl sites for hydroxylation is 1. The van der Waals surface area contributed by atoms with E-state index in [1.807, 2.05) is 31.2 Å². The molecule has 1 fully saturated rings. The highest BCUT2D eigenvalue weighted by atomic mass is 32.1. The minimum atomic E-state index is -1.99. The van der Waals surface area contributed by atoms with Crippen LogP contribution in [0.5, 0.6) is 0 Å². The topological polar surface area (TPSA) is 165 Å². The quantitative estimate of drug-likeness (QED) is 0.198. The molecule has 1 aliphatic heterocycles. The Bertz CT molecular complexity index is 1220. The number of hydrogen-bond acceptors (Lipinski definition) is 10. The molecule has 4 atom stereocenters. The molecule has 5 N–H and O–H groups in total. The number of thiazole rings is 1. The van der Waals surface area contributed by atoms with Crippen LogP contribution in [0.15, 0.2) is 29.8 Å². The Balaban J connectivity index is 1.56. The summed E-state index contributed by atoms with van der Waals surface area (Å²) in [6, 6.07) is 4.88. The highest BCUT2D eigenvalue weighted by Gasteiger charge is 2.50. The summed E-state index contributed by atoms with van der Waals surface area (Å²) in [5.74, 6) is -1.96. The van der Waals surface area contributed by atoms with Crippen LogP contribution in [0.2, 0.25) is 0 Å². The number of ether oxygens (including phenoxy) is 3. The number of hydrogen-bond donors (Lipinski definition) is 4. The number of aliphatic hydroxyl groups excluding tert-OH is 1. The fraction of sp³-hybridized carbons (Fsp3) is 0.600. The number of halogens is 1. The van der Waals surface area contributed by atoms with E-state index < -0.39 is 47.5 Å². The van der Waals surface area contributed by atoms with Gasteiger partial charge >= 0.3 is 0 Å². The van der Waals surface area contributed by atoms with Crippen LogP contribution in [0.1, 0.15) is 32.0 Å². The van der Waals surface area contributed by atoms with E-state index in [9.17, 15) is 19.5 Å². The second-order valence-electron chi connectivity index (χ2n) is 11.6. The Kier molecular flexibility index (Phi) is 13.6. The van der Waals surface area contributed by atoms with E-state index in [0.717, 1.165) is 26.6 Å². The Morgan fingerprint density at radius 1 is 1.11 bits per heavy atom. The highest BCUT2D eigenvalue weighted by Crippen LogP contribution is 2.29. The lowest BCUT2D eigenvalue weighted by atomic mass is 9.85. The van der Waals surface area contributed by atoms with Crippen LogP contribution in [0.3, 0.4) is 0 Å². The summed E-state index contributed by atoms with van der Waals surface area (Å²) in [7, 11) is 0. The minimum Gasteiger partial charge on any atom is -0.388 e. The molecule has 44 heavy (non-hydrogen) atoms. The molecule has 0 bridgehead atoms. The molecule has 1 saturated heterocycles. The molecule has 0 saturated carbocycles. The second-order valence-corrected chi connectivity index (χ2v) is 12.4. The van der Waals surface area contributed by atoms with Crippen molar-refractivity contribution in [3.05, 3.63) is 41.0 Å². The van der Waals surface area contributed by atoms with Crippen molar-refractivity contribution in [2.75, 3.05) is 52.7 Å². The third-order valence-corrected chi connectivity index (χ3v) is 8.00. The molecule has 0 spiro atoms. The lowest BCUT2D eigenvalue weighted by Gasteiger charge is -2.35. The van der Waals surface area contributed by atoms with Crippen molar-refractivity contribution in [1.29, 1.82) is 0 Å². The van der Waals surface area contributed by atoms with E-state index in [2.05, 4.69) is 15.6 Å². The lowest BCUT2D eigenvalue weighted by Crippen LogP contribution is -2.59. The number of carbonyl (C=O) groups is 3. The minimum absolute atomic E-state index is 0.101. The molecule has 0 radical (unpaired) electrons. The predicted octanol–water partition coefficient (Wildman–Crippen LogP) is 1.18. The molecule has 2 aromatic rings. The first-order chi connectivity index (χ1) is 20.9. The molecule has 0 aliphatic carbocycles. The van der Waals surface area contributed by atoms with Gasteiger partial charge in [0.2, 0.25) is 17.7 Å². The molecule has 3 amide bonds. The van der Waals surface area contributed by atoms with Crippen LogP contribution < -0.4 is 16.4 Å². The Morgan fingerprint density at radius 3 is 2.34 bits per heavy atom. The Morgan fingerprint density at radius 2 is 1.75 bits per heavy atom. The number of nitrogens with two attached hydrogens (primary N) is 1. The van der Waals surface area contributed by atoms with Crippen LogP contribution in [0, 0.1) is 12.3 Å². The molecule has 1 aromatic carbocycles. The predicted molar refractivity (Wildman–Crippen MR) is 163 cm³/mol. The third kappa shape index (κ3) is 10.0. The maximum atomic E-state index is 15.2. The monoisotopic (exact) mass is 637 g/mol. The summed E-state index contributed by atoms with van der Waals surface area (Å²) in [6.45, 7) is 8.58. The van der Waals surface area contributed by atoms with Crippen LogP contribution in [0.4, 0.5) is 4.39 Å². The van der Waals surface area contributed by atoms with E-state index in [1.54, 1.807) is 26.3 Å². The summed E-state index contributed by atoms with van der Waals surface area (Å²) >= 11 is 1.53. The molecule has 244 valence electrons. The van der Waals surface area contributed by atoms with Gasteiger partial charge in [-0.05, 0) is 23.5 Å². The summed E-state index contributed by atoms with van der Waals surface area (Å²) in [4.78, 5) is 45.9. The van der Waals surface area contributed by atoms with Gasteiger partial charge in [0, 0.05) is 13.1 Å². The molecule has 12 nitrogen and oxygen atoms in total. The van der Waals surface area contributed by atoms with Gasteiger partial charge in [0.15, 0.2) is 6.17 Å². The Hall–Kier alpha value is -3.01. The number of aromatic nitrogens is 1. The van der Waals surface area contributed by atoms with Crippen LogP contribution in [-0.2, 0) is 35.1 Å². The third-order valence-electron chi connectivity index (χ3n) is 7.03. The molecule has 2 heterocycles. The van der Waals surface area contributed by atoms with Crippen molar-refractivity contribution in [2.45, 2.75) is 58.6 Å². The van der Waals surface area contributed by atoms with Gasteiger partial charge in [0.25, 0.3) is 0 Å². The lowest BCUT2D eigenvalue weighted by molar-refractivity contribution is -0.145. The average molecular weight is 638 g/mol. The van der Waals surface area contributed by atoms with Gasteiger partial charge in [0.1, 0.15) is 24.8 Å². The van der Waals surface area contributed by atoms with Gasteiger partial charge in [-0.2, -0.15) is 0 Å². The van der Waals surface area contributed by atoms with E-state index in [0.29, 0.717) is 26.4 Å². The number of likely N-dealkylation sites (tertiary alicyclic amines) is 1. The number of nitrogens with one attached hydrogen (secondary N) is 2. The van der Waals surface area contributed by atoms with Crippen molar-refractivity contribution in [3.63, 3.8) is 0 Å².